The molecule has 0 aliphatic rings. The normalized spacial score (nSPS) is 11.2. The first-order valence-electron chi connectivity index (χ1n) is 5.90. The van der Waals surface area contributed by atoms with E-state index >= 15 is 0 Å². The number of carbonyl (C=O) groups is 1. The Bertz CT molecular complexity index is 371. The molecular weight excluding hydrogens is 232 g/mol. The molecule has 0 saturated heterocycles. The SMILES string of the molecule is CC(C)c1cccc(C(C)C)c1SCC(=O)O. The van der Waals surface area contributed by atoms with Crippen LogP contribution in [0.25, 0.3) is 0 Å². The van der Waals surface area contributed by atoms with Crippen LogP contribution < -0.4 is 0 Å². The van der Waals surface area contributed by atoms with Crippen LogP contribution in [-0.4, -0.2) is 16.8 Å². The van der Waals surface area contributed by atoms with E-state index in [0.717, 1.165) is 4.90 Å². The summed E-state index contributed by atoms with van der Waals surface area (Å²) in [5.41, 5.74) is 2.50. The van der Waals surface area contributed by atoms with E-state index < -0.39 is 5.97 Å². The van der Waals surface area contributed by atoms with Crippen molar-refractivity contribution < 1.29 is 9.90 Å². The maximum absolute atomic E-state index is 10.7. The lowest BCUT2D eigenvalue weighted by Crippen LogP contribution is -2.03. The molecule has 0 aliphatic heterocycles. The van der Waals surface area contributed by atoms with Crippen molar-refractivity contribution in [3.63, 3.8) is 0 Å². The number of carboxylic acids is 1. The molecule has 1 rings (SSSR count). The van der Waals surface area contributed by atoms with Crippen molar-refractivity contribution >= 4 is 17.7 Å². The van der Waals surface area contributed by atoms with Crippen molar-refractivity contribution in [2.75, 3.05) is 5.75 Å². The second-order valence-electron chi connectivity index (χ2n) is 4.76. The van der Waals surface area contributed by atoms with Crippen LogP contribution in [0, 0.1) is 0 Å². The molecule has 1 aromatic rings. The number of aliphatic carboxylic acids is 1. The zero-order valence-electron chi connectivity index (χ0n) is 10.9. The van der Waals surface area contributed by atoms with Gasteiger partial charge in [-0.3, -0.25) is 4.79 Å². The fourth-order valence-electron chi connectivity index (χ4n) is 1.78. The zero-order valence-corrected chi connectivity index (χ0v) is 11.7. The maximum Gasteiger partial charge on any atom is 0.313 e. The van der Waals surface area contributed by atoms with E-state index in [9.17, 15) is 4.79 Å². The van der Waals surface area contributed by atoms with Crippen LogP contribution in [0.15, 0.2) is 23.1 Å². The molecule has 0 atom stereocenters. The highest BCUT2D eigenvalue weighted by Crippen LogP contribution is 2.35. The molecule has 0 aliphatic carbocycles. The Hall–Kier alpha value is -0.960. The average molecular weight is 252 g/mol. The molecule has 0 heterocycles. The molecule has 0 spiro atoms. The van der Waals surface area contributed by atoms with Crippen LogP contribution in [0.5, 0.6) is 0 Å². The number of rotatable bonds is 5. The lowest BCUT2D eigenvalue weighted by Gasteiger charge is -2.18. The predicted molar refractivity (Wildman–Crippen MR) is 73.0 cm³/mol. The van der Waals surface area contributed by atoms with Crippen LogP contribution >= 0.6 is 11.8 Å². The van der Waals surface area contributed by atoms with Gasteiger partial charge in [0.05, 0.1) is 5.75 Å². The van der Waals surface area contributed by atoms with Gasteiger partial charge in [-0.15, -0.1) is 11.8 Å². The topological polar surface area (TPSA) is 37.3 Å². The first kappa shape index (κ1) is 14.1. The van der Waals surface area contributed by atoms with Crippen molar-refractivity contribution in [1.29, 1.82) is 0 Å². The molecule has 0 amide bonds. The molecule has 0 unspecified atom stereocenters. The highest BCUT2D eigenvalue weighted by atomic mass is 32.2. The summed E-state index contributed by atoms with van der Waals surface area (Å²) >= 11 is 1.44. The van der Waals surface area contributed by atoms with Gasteiger partial charge < -0.3 is 5.11 Å². The van der Waals surface area contributed by atoms with Gasteiger partial charge in [-0.1, -0.05) is 45.9 Å². The Labute approximate surface area is 107 Å². The third-order valence-electron chi connectivity index (χ3n) is 2.66. The molecule has 0 saturated carbocycles. The van der Waals surface area contributed by atoms with E-state index in [1.54, 1.807) is 0 Å². The van der Waals surface area contributed by atoms with Gasteiger partial charge in [0, 0.05) is 4.90 Å². The van der Waals surface area contributed by atoms with Crippen LogP contribution in [0.3, 0.4) is 0 Å². The number of benzene rings is 1. The second-order valence-corrected chi connectivity index (χ2v) is 5.74. The number of hydrogen-bond acceptors (Lipinski definition) is 2. The van der Waals surface area contributed by atoms with Gasteiger partial charge >= 0.3 is 5.97 Å². The molecule has 0 fully saturated rings. The van der Waals surface area contributed by atoms with Gasteiger partial charge in [0.1, 0.15) is 0 Å². The summed E-state index contributed by atoms with van der Waals surface area (Å²) in [6.45, 7) is 8.57. The second kappa shape index (κ2) is 6.10. The van der Waals surface area contributed by atoms with Gasteiger partial charge in [0.25, 0.3) is 0 Å². The summed E-state index contributed by atoms with van der Waals surface area (Å²) in [5, 5.41) is 8.81. The minimum atomic E-state index is -0.761. The Morgan fingerprint density at radius 2 is 1.65 bits per heavy atom. The maximum atomic E-state index is 10.7. The third kappa shape index (κ3) is 3.77. The first-order valence-corrected chi connectivity index (χ1v) is 6.89. The molecular formula is C14H20O2S. The zero-order chi connectivity index (χ0) is 13.0. The quantitative estimate of drug-likeness (QED) is 0.801. The van der Waals surface area contributed by atoms with E-state index in [0.29, 0.717) is 11.8 Å². The van der Waals surface area contributed by atoms with E-state index in [2.05, 4.69) is 45.9 Å². The van der Waals surface area contributed by atoms with Crippen molar-refractivity contribution in [1.82, 2.24) is 0 Å². The summed E-state index contributed by atoms with van der Waals surface area (Å²) in [4.78, 5) is 11.9. The van der Waals surface area contributed by atoms with Crippen LogP contribution in [-0.2, 0) is 4.79 Å². The van der Waals surface area contributed by atoms with Gasteiger partial charge in [-0.2, -0.15) is 0 Å². The molecule has 0 aromatic heterocycles. The molecule has 3 heteroatoms. The van der Waals surface area contributed by atoms with Crippen molar-refractivity contribution in [3.05, 3.63) is 29.3 Å². The molecule has 0 bridgehead atoms. The fourth-order valence-corrected chi connectivity index (χ4v) is 2.99. The fraction of sp³-hybridized carbons (Fsp3) is 0.500. The summed E-state index contributed by atoms with van der Waals surface area (Å²) in [7, 11) is 0. The molecule has 94 valence electrons. The molecule has 0 radical (unpaired) electrons. The van der Waals surface area contributed by atoms with Gasteiger partial charge in [0.2, 0.25) is 0 Å². The summed E-state index contributed by atoms with van der Waals surface area (Å²) in [6, 6.07) is 6.26. The third-order valence-corrected chi connectivity index (χ3v) is 3.81. The highest BCUT2D eigenvalue weighted by Gasteiger charge is 2.14. The number of thioether (sulfide) groups is 1. The van der Waals surface area contributed by atoms with E-state index in [4.69, 9.17) is 5.11 Å². The number of hydrogen-bond donors (Lipinski definition) is 1. The van der Waals surface area contributed by atoms with Gasteiger partial charge in [-0.25, -0.2) is 0 Å². The average Bonchev–Trinajstić information content (AvgIpc) is 2.25. The Balaban J connectivity index is 3.14. The smallest absolute Gasteiger partial charge is 0.313 e. The minimum absolute atomic E-state index is 0.128. The summed E-state index contributed by atoms with van der Waals surface area (Å²) in [5.74, 6) is 0.210. The van der Waals surface area contributed by atoms with Gasteiger partial charge in [-0.05, 0) is 23.0 Å². The lowest BCUT2D eigenvalue weighted by atomic mass is 9.95. The van der Waals surface area contributed by atoms with E-state index in [-0.39, 0.29) is 5.75 Å². The minimum Gasteiger partial charge on any atom is -0.481 e. The monoisotopic (exact) mass is 252 g/mol. The van der Waals surface area contributed by atoms with Crippen LogP contribution in [0.4, 0.5) is 0 Å². The largest absolute Gasteiger partial charge is 0.481 e. The first-order chi connectivity index (χ1) is 7.93. The molecule has 1 aromatic carbocycles. The van der Waals surface area contributed by atoms with Crippen molar-refractivity contribution in [2.24, 2.45) is 0 Å². The molecule has 17 heavy (non-hydrogen) atoms. The van der Waals surface area contributed by atoms with E-state index in [1.165, 1.54) is 22.9 Å². The molecule has 1 N–H and O–H groups in total. The predicted octanol–water partition coefficient (Wildman–Crippen LogP) is 4.11. The highest BCUT2D eigenvalue weighted by molar-refractivity contribution is 8.00. The Morgan fingerprint density at radius 1 is 1.18 bits per heavy atom. The Morgan fingerprint density at radius 3 is 2.00 bits per heavy atom. The lowest BCUT2D eigenvalue weighted by molar-refractivity contribution is -0.133. The summed E-state index contributed by atoms with van der Waals surface area (Å²) in [6.07, 6.45) is 0. The summed E-state index contributed by atoms with van der Waals surface area (Å²) < 4.78 is 0. The van der Waals surface area contributed by atoms with Crippen molar-refractivity contribution in [2.45, 2.75) is 44.4 Å². The van der Waals surface area contributed by atoms with E-state index in [1.807, 2.05) is 0 Å². The standard InChI is InChI=1S/C14H20O2S/c1-9(2)11-6-5-7-12(10(3)4)14(11)17-8-13(15)16/h5-7,9-10H,8H2,1-4H3,(H,15,16). The number of carboxylic acid groups (broad SMARTS) is 1. The molecule has 2 nitrogen and oxygen atoms in total. The van der Waals surface area contributed by atoms with Gasteiger partial charge in [0.15, 0.2) is 0 Å². The Kier molecular flexibility index (Phi) is 5.06. The van der Waals surface area contributed by atoms with Crippen LogP contribution in [0.1, 0.15) is 50.7 Å². The van der Waals surface area contributed by atoms with Crippen molar-refractivity contribution in [3.8, 4) is 0 Å². The van der Waals surface area contributed by atoms with Crippen LogP contribution in [0.2, 0.25) is 0 Å².